The largest absolute Gasteiger partial charge is 0.261 e. The third-order valence-electron chi connectivity index (χ3n) is 3.27. The van der Waals surface area contributed by atoms with E-state index in [0.717, 1.165) is 11.3 Å². The normalized spacial score (nSPS) is 12.4. The van der Waals surface area contributed by atoms with Gasteiger partial charge in [0, 0.05) is 31.4 Å². The standard InChI is InChI=1S/C15H27N3O4S2/c1-3-11-23(19,20)17-9-7-14-5-6-15(16-13-14)8-10-18-24(21,22)12-4-2/h5-6,13,17-18H,3-4,7-12H2,1-2H3. The molecule has 1 rings (SSSR count). The van der Waals surface area contributed by atoms with Crippen molar-refractivity contribution in [3.63, 3.8) is 0 Å². The van der Waals surface area contributed by atoms with Gasteiger partial charge in [0.1, 0.15) is 0 Å². The molecule has 0 saturated carbocycles. The summed E-state index contributed by atoms with van der Waals surface area (Å²) in [6.45, 7) is 4.32. The van der Waals surface area contributed by atoms with Crippen molar-refractivity contribution in [2.75, 3.05) is 24.6 Å². The van der Waals surface area contributed by atoms with Gasteiger partial charge in [0.25, 0.3) is 0 Å². The van der Waals surface area contributed by atoms with E-state index in [1.807, 2.05) is 26.0 Å². The van der Waals surface area contributed by atoms with Crippen molar-refractivity contribution < 1.29 is 16.8 Å². The van der Waals surface area contributed by atoms with Gasteiger partial charge in [0.05, 0.1) is 11.5 Å². The maximum Gasteiger partial charge on any atom is 0.211 e. The second-order valence-electron chi connectivity index (χ2n) is 5.58. The molecule has 7 nitrogen and oxygen atoms in total. The second kappa shape index (κ2) is 10.1. The van der Waals surface area contributed by atoms with Crippen molar-refractivity contribution in [2.24, 2.45) is 0 Å². The van der Waals surface area contributed by atoms with Gasteiger partial charge in [0.15, 0.2) is 0 Å². The third-order valence-corrected chi connectivity index (χ3v) is 6.45. The molecule has 2 N–H and O–H groups in total. The predicted molar refractivity (Wildman–Crippen MR) is 95.8 cm³/mol. The highest BCUT2D eigenvalue weighted by molar-refractivity contribution is 7.89. The molecule has 0 radical (unpaired) electrons. The van der Waals surface area contributed by atoms with Gasteiger partial charge in [-0.05, 0) is 30.9 Å². The first kappa shape index (κ1) is 21.0. The van der Waals surface area contributed by atoms with E-state index in [1.165, 1.54) is 0 Å². The second-order valence-corrected chi connectivity index (χ2v) is 9.44. The van der Waals surface area contributed by atoms with Crippen LogP contribution in [0, 0.1) is 0 Å². The number of rotatable bonds is 12. The molecule has 0 unspecified atom stereocenters. The zero-order valence-corrected chi connectivity index (χ0v) is 15.9. The number of nitrogens with zero attached hydrogens (tertiary/aromatic N) is 1. The lowest BCUT2D eigenvalue weighted by atomic mass is 10.2. The molecule has 0 bridgehead atoms. The van der Waals surface area contributed by atoms with Crippen LogP contribution in [0.25, 0.3) is 0 Å². The van der Waals surface area contributed by atoms with Crippen LogP contribution in [0.1, 0.15) is 37.9 Å². The number of hydrogen-bond acceptors (Lipinski definition) is 5. The highest BCUT2D eigenvalue weighted by atomic mass is 32.2. The summed E-state index contributed by atoms with van der Waals surface area (Å²) in [5.41, 5.74) is 1.73. The molecule has 0 spiro atoms. The summed E-state index contributed by atoms with van der Waals surface area (Å²) < 4.78 is 51.2. The fraction of sp³-hybridized carbons (Fsp3) is 0.667. The van der Waals surface area contributed by atoms with Crippen LogP contribution in [-0.2, 0) is 32.9 Å². The number of aromatic nitrogens is 1. The molecule has 0 atom stereocenters. The molecule has 1 heterocycles. The lowest BCUT2D eigenvalue weighted by molar-refractivity contribution is 0.578. The van der Waals surface area contributed by atoms with Gasteiger partial charge in [-0.2, -0.15) is 0 Å². The lowest BCUT2D eigenvalue weighted by Gasteiger charge is -2.07. The van der Waals surface area contributed by atoms with Crippen LogP contribution in [0.15, 0.2) is 18.3 Å². The highest BCUT2D eigenvalue weighted by Crippen LogP contribution is 2.02. The summed E-state index contributed by atoms with van der Waals surface area (Å²) >= 11 is 0. The van der Waals surface area contributed by atoms with Gasteiger partial charge >= 0.3 is 0 Å². The summed E-state index contributed by atoms with van der Waals surface area (Å²) in [6, 6.07) is 3.72. The molecule has 0 aliphatic carbocycles. The van der Waals surface area contributed by atoms with E-state index in [1.54, 1.807) is 6.20 Å². The van der Waals surface area contributed by atoms with Gasteiger partial charge in [-0.3, -0.25) is 4.98 Å². The molecule has 1 aromatic rings. The van der Waals surface area contributed by atoms with Crippen molar-refractivity contribution in [3.05, 3.63) is 29.6 Å². The Kier molecular flexibility index (Phi) is 8.82. The Hall–Kier alpha value is -1.03. The maximum absolute atomic E-state index is 11.5. The van der Waals surface area contributed by atoms with E-state index in [2.05, 4.69) is 14.4 Å². The minimum absolute atomic E-state index is 0.132. The molecular weight excluding hydrogens is 350 g/mol. The van der Waals surface area contributed by atoms with E-state index in [4.69, 9.17) is 0 Å². The minimum Gasteiger partial charge on any atom is -0.261 e. The van der Waals surface area contributed by atoms with Gasteiger partial charge in [-0.25, -0.2) is 26.3 Å². The summed E-state index contributed by atoms with van der Waals surface area (Å²) in [5, 5.41) is 0. The van der Waals surface area contributed by atoms with Crippen LogP contribution >= 0.6 is 0 Å². The molecule has 9 heteroatoms. The molecular formula is C15H27N3O4S2. The Bertz CT molecular complexity index is 625. The first-order valence-corrected chi connectivity index (χ1v) is 11.5. The summed E-state index contributed by atoms with van der Waals surface area (Å²) in [4.78, 5) is 4.28. The molecule has 1 aromatic heterocycles. The minimum atomic E-state index is -3.18. The van der Waals surface area contributed by atoms with Crippen molar-refractivity contribution in [1.82, 2.24) is 14.4 Å². The molecule has 0 aromatic carbocycles. The molecule has 138 valence electrons. The third kappa shape index (κ3) is 8.72. The van der Waals surface area contributed by atoms with Crippen molar-refractivity contribution in [1.29, 1.82) is 0 Å². The number of pyridine rings is 1. The van der Waals surface area contributed by atoms with E-state index < -0.39 is 20.0 Å². The van der Waals surface area contributed by atoms with Gasteiger partial charge in [-0.15, -0.1) is 0 Å². The Labute approximate surface area is 145 Å². The predicted octanol–water partition coefficient (Wildman–Crippen LogP) is 0.825. The topological polar surface area (TPSA) is 105 Å². The number of sulfonamides is 2. The van der Waals surface area contributed by atoms with Crippen LogP contribution < -0.4 is 9.44 Å². The molecule has 0 saturated heterocycles. The molecule has 0 amide bonds. The fourth-order valence-corrected chi connectivity index (χ4v) is 4.31. The smallest absolute Gasteiger partial charge is 0.211 e. The first-order valence-electron chi connectivity index (χ1n) is 8.16. The zero-order chi connectivity index (χ0) is 18.1. The Balaban J connectivity index is 2.38. The average molecular weight is 378 g/mol. The summed E-state index contributed by atoms with van der Waals surface area (Å²) in [6.07, 6.45) is 3.97. The lowest BCUT2D eigenvalue weighted by Crippen LogP contribution is -2.28. The average Bonchev–Trinajstić information content (AvgIpc) is 2.48. The van der Waals surface area contributed by atoms with Crippen LogP contribution in [-0.4, -0.2) is 46.4 Å². The summed E-state index contributed by atoms with van der Waals surface area (Å²) in [5.74, 6) is 0.269. The highest BCUT2D eigenvalue weighted by Gasteiger charge is 2.09. The van der Waals surface area contributed by atoms with E-state index >= 15 is 0 Å². The first-order chi connectivity index (χ1) is 11.3. The Morgan fingerprint density at radius 3 is 1.88 bits per heavy atom. The fourth-order valence-electron chi connectivity index (χ4n) is 2.12. The molecule has 0 fully saturated rings. The molecule has 0 aliphatic rings. The van der Waals surface area contributed by atoms with Gasteiger partial charge in [0.2, 0.25) is 20.0 Å². The van der Waals surface area contributed by atoms with Crippen LogP contribution in [0.4, 0.5) is 0 Å². The maximum atomic E-state index is 11.5. The van der Waals surface area contributed by atoms with Crippen LogP contribution in [0.3, 0.4) is 0 Å². The Morgan fingerprint density at radius 2 is 1.42 bits per heavy atom. The van der Waals surface area contributed by atoms with Crippen molar-refractivity contribution in [3.8, 4) is 0 Å². The molecule has 0 aliphatic heterocycles. The van der Waals surface area contributed by atoms with Gasteiger partial charge in [-0.1, -0.05) is 19.9 Å². The molecule has 24 heavy (non-hydrogen) atoms. The van der Waals surface area contributed by atoms with E-state index in [0.29, 0.717) is 38.8 Å². The monoisotopic (exact) mass is 377 g/mol. The quantitative estimate of drug-likeness (QED) is 0.561. The van der Waals surface area contributed by atoms with Crippen LogP contribution in [0.2, 0.25) is 0 Å². The number of hydrogen-bond donors (Lipinski definition) is 2. The van der Waals surface area contributed by atoms with Gasteiger partial charge < -0.3 is 0 Å². The zero-order valence-electron chi connectivity index (χ0n) is 14.3. The van der Waals surface area contributed by atoms with Crippen molar-refractivity contribution >= 4 is 20.0 Å². The SMILES string of the molecule is CCCS(=O)(=O)NCCc1ccc(CCNS(=O)(=O)CCC)nc1. The number of nitrogens with one attached hydrogen (secondary N) is 2. The Morgan fingerprint density at radius 1 is 0.875 bits per heavy atom. The van der Waals surface area contributed by atoms with E-state index in [9.17, 15) is 16.8 Å². The van der Waals surface area contributed by atoms with Crippen LogP contribution in [0.5, 0.6) is 0 Å². The van der Waals surface area contributed by atoms with E-state index in [-0.39, 0.29) is 11.5 Å². The van der Waals surface area contributed by atoms with Crippen molar-refractivity contribution in [2.45, 2.75) is 39.5 Å². The summed E-state index contributed by atoms with van der Waals surface area (Å²) in [7, 11) is -6.36.